The first-order valence-electron chi connectivity index (χ1n) is 16.0. The second-order valence-corrected chi connectivity index (χ2v) is 13.0. The zero-order chi connectivity index (χ0) is 36.7. The number of rotatable bonds is 13. The van der Waals surface area contributed by atoms with E-state index in [2.05, 4.69) is 9.64 Å². The molecule has 0 saturated carbocycles. The van der Waals surface area contributed by atoms with E-state index in [1.165, 1.54) is 6.08 Å². The second kappa shape index (κ2) is 14.0. The number of nitrogens with zero attached hydrogens (tertiary/aromatic N) is 1. The van der Waals surface area contributed by atoms with Crippen LogP contribution in [0.4, 0.5) is 0 Å². The highest BCUT2D eigenvalue weighted by Crippen LogP contribution is 2.64. The molecule has 2 aliphatic carbocycles. The molecular weight excluding hydrogens is 666 g/mol. The summed E-state index contributed by atoms with van der Waals surface area (Å²) in [5, 5.41) is 50.3. The van der Waals surface area contributed by atoms with Crippen LogP contribution < -0.4 is 4.74 Å². The molecule has 2 heterocycles. The lowest BCUT2D eigenvalue weighted by molar-refractivity contribution is -0.186. The third-order valence-electron chi connectivity index (χ3n) is 9.81. The Balaban J connectivity index is 1.37. The number of aliphatic carboxylic acids is 2. The van der Waals surface area contributed by atoms with Crippen LogP contribution in [0.1, 0.15) is 62.6 Å². The number of likely N-dealkylation sites (N-methyl/N-ethyl adjacent to an activating group) is 1. The van der Waals surface area contributed by atoms with Crippen molar-refractivity contribution in [2.24, 2.45) is 0 Å². The fourth-order valence-corrected chi connectivity index (χ4v) is 7.49. The van der Waals surface area contributed by atoms with Gasteiger partial charge in [-0.3, -0.25) is 9.59 Å². The monoisotopic (exact) mass is 705 g/mol. The number of aliphatic hydroxyl groups is 3. The van der Waals surface area contributed by atoms with Crippen molar-refractivity contribution in [1.82, 2.24) is 4.90 Å². The number of carbonyl (C=O) groups is 6. The van der Waals surface area contributed by atoms with E-state index in [0.29, 0.717) is 37.1 Å². The normalized spacial score (nSPS) is 27.1. The molecule has 2 aliphatic heterocycles. The standard InChI is InChI=1S/C33H39NO16/c1-15(36)29(42)49-21(31(44)46-16(2)30(43)48-20(28(40)41)12-23(37)38)13-24(39)47-19-7-9-33(45)22-11-17-5-6-18(14-35)26-25(17)32(33,27(19)50-26)8-4-10-34(22)3/h5-7,15-16,20-22,27,35-36,45H,4,8-14H2,1-3H3,(H,37,38)(H,40,41)/t15-,16-,20-,21-,22+,27-,32-,33+/m0/s1. The minimum atomic E-state index is -2.09. The molecule has 8 atom stereocenters. The van der Waals surface area contributed by atoms with Gasteiger partial charge in [-0.25, -0.2) is 19.2 Å². The molecule has 1 saturated heterocycles. The summed E-state index contributed by atoms with van der Waals surface area (Å²) in [5.41, 5.74) is -0.198. The molecule has 1 aromatic rings. The van der Waals surface area contributed by atoms with E-state index in [9.17, 15) is 44.1 Å². The third kappa shape index (κ3) is 6.41. The van der Waals surface area contributed by atoms with Crippen LogP contribution in [0.15, 0.2) is 24.0 Å². The highest BCUT2D eigenvalue weighted by molar-refractivity contribution is 5.88. The van der Waals surface area contributed by atoms with Gasteiger partial charge in [0.05, 0.1) is 30.5 Å². The first-order chi connectivity index (χ1) is 23.5. The second-order valence-electron chi connectivity index (χ2n) is 13.0. The summed E-state index contributed by atoms with van der Waals surface area (Å²) in [6.45, 7) is 2.36. The summed E-state index contributed by atoms with van der Waals surface area (Å²) < 4.78 is 26.8. The fraction of sp³-hybridized carbons (Fsp3) is 0.576. The molecule has 5 N–H and O–H groups in total. The summed E-state index contributed by atoms with van der Waals surface area (Å²) in [5.74, 6) is -8.24. The van der Waals surface area contributed by atoms with Gasteiger partial charge in [0, 0.05) is 23.6 Å². The Kier molecular flexibility index (Phi) is 10.3. The maximum absolute atomic E-state index is 13.4. The molecule has 1 aromatic carbocycles. The van der Waals surface area contributed by atoms with E-state index in [0.717, 1.165) is 25.0 Å². The highest BCUT2D eigenvalue weighted by Gasteiger charge is 2.70. The maximum Gasteiger partial charge on any atom is 0.348 e. The lowest BCUT2D eigenvalue weighted by Crippen LogP contribution is -2.69. The van der Waals surface area contributed by atoms with Gasteiger partial charge in [-0.15, -0.1) is 0 Å². The van der Waals surface area contributed by atoms with Crippen LogP contribution in [0.2, 0.25) is 0 Å². The van der Waals surface area contributed by atoms with Crippen LogP contribution in [0, 0.1) is 0 Å². The van der Waals surface area contributed by atoms with Gasteiger partial charge in [0.2, 0.25) is 12.2 Å². The Morgan fingerprint density at radius 3 is 2.34 bits per heavy atom. The molecule has 17 heteroatoms. The lowest BCUT2D eigenvalue weighted by Gasteiger charge is -2.56. The summed E-state index contributed by atoms with van der Waals surface area (Å²) >= 11 is 0. The number of carboxylic acids is 2. The van der Waals surface area contributed by atoms with Crippen LogP contribution in [-0.4, -0.2) is 122 Å². The SMILES string of the molecule is C[C@H](O)C(=O)O[C@@H](CC(=O)OC1=CC[C@@]2(O)[C@H]3Cc4ccc(CO)c5c4[C@@]2(CCCN3C)[C@H]1O5)C(=O)O[C@@H](C)C(=O)O[C@@H](CC(=O)O)C(=O)O. The van der Waals surface area contributed by atoms with Gasteiger partial charge in [0.1, 0.15) is 17.6 Å². The minimum absolute atomic E-state index is 0.0278. The van der Waals surface area contributed by atoms with Crippen molar-refractivity contribution >= 4 is 35.8 Å². The smallest absolute Gasteiger partial charge is 0.348 e. The molecule has 1 spiro atoms. The number of ether oxygens (including phenoxy) is 5. The molecule has 1 fully saturated rings. The molecule has 17 nitrogen and oxygen atoms in total. The zero-order valence-corrected chi connectivity index (χ0v) is 27.5. The number of benzene rings is 1. The van der Waals surface area contributed by atoms with Gasteiger partial charge in [-0.1, -0.05) is 12.1 Å². The molecule has 272 valence electrons. The van der Waals surface area contributed by atoms with Crippen LogP contribution >= 0.6 is 0 Å². The van der Waals surface area contributed by atoms with Crippen LogP contribution in [0.5, 0.6) is 5.75 Å². The number of likely N-dealkylation sites (tertiary alicyclic amines) is 1. The maximum atomic E-state index is 13.4. The molecular formula is C33H39NO16. The molecule has 0 unspecified atom stereocenters. The van der Waals surface area contributed by atoms with E-state index in [4.69, 9.17) is 29.2 Å². The molecule has 0 amide bonds. The van der Waals surface area contributed by atoms with Crippen molar-refractivity contribution in [3.63, 3.8) is 0 Å². The van der Waals surface area contributed by atoms with Crippen molar-refractivity contribution in [3.8, 4) is 5.75 Å². The Morgan fingerprint density at radius 2 is 1.70 bits per heavy atom. The van der Waals surface area contributed by atoms with Gasteiger partial charge < -0.3 is 54.1 Å². The zero-order valence-electron chi connectivity index (χ0n) is 27.5. The average Bonchev–Trinajstić information content (AvgIpc) is 3.38. The van der Waals surface area contributed by atoms with Crippen molar-refractivity contribution < 1.29 is 78.0 Å². The number of hydrogen-bond acceptors (Lipinski definition) is 15. The number of esters is 4. The van der Waals surface area contributed by atoms with Crippen LogP contribution in [0.25, 0.3) is 0 Å². The first kappa shape index (κ1) is 36.7. The predicted molar refractivity (Wildman–Crippen MR) is 163 cm³/mol. The van der Waals surface area contributed by atoms with Gasteiger partial charge in [-0.05, 0) is 58.3 Å². The number of aliphatic hydroxyl groups excluding tert-OH is 2. The molecule has 0 radical (unpaired) electrons. The Morgan fingerprint density at radius 1 is 1.00 bits per heavy atom. The van der Waals surface area contributed by atoms with Crippen molar-refractivity contribution in [2.45, 2.75) is 107 Å². The molecule has 0 aromatic heterocycles. The van der Waals surface area contributed by atoms with Gasteiger partial charge in [-0.2, -0.15) is 0 Å². The minimum Gasteiger partial charge on any atom is -0.481 e. The number of carbonyl (C=O) groups excluding carboxylic acids is 4. The number of hydrogen-bond donors (Lipinski definition) is 5. The third-order valence-corrected chi connectivity index (χ3v) is 9.81. The van der Waals surface area contributed by atoms with Gasteiger partial charge in [0.15, 0.2) is 12.2 Å². The Bertz CT molecular complexity index is 1620. The van der Waals surface area contributed by atoms with Crippen molar-refractivity contribution in [3.05, 3.63) is 40.7 Å². The van der Waals surface area contributed by atoms with E-state index in [1.54, 1.807) is 6.07 Å². The van der Waals surface area contributed by atoms with E-state index >= 15 is 0 Å². The quantitative estimate of drug-likeness (QED) is 0.128. The Hall–Kier alpha value is -4.58. The van der Waals surface area contributed by atoms with E-state index < -0.39 is 90.2 Å². The van der Waals surface area contributed by atoms with Crippen molar-refractivity contribution in [2.75, 3.05) is 13.6 Å². The van der Waals surface area contributed by atoms with Crippen LogP contribution in [0.3, 0.4) is 0 Å². The fourth-order valence-electron chi connectivity index (χ4n) is 7.49. The van der Waals surface area contributed by atoms with E-state index in [1.807, 2.05) is 13.1 Å². The van der Waals surface area contributed by atoms with Crippen molar-refractivity contribution in [1.29, 1.82) is 0 Å². The average molecular weight is 706 g/mol. The summed E-state index contributed by atoms with van der Waals surface area (Å²) in [7, 11) is 1.94. The largest absolute Gasteiger partial charge is 0.481 e. The topological polar surface area (TPSA) is 253 Å². The molecule has 5 rings (SSSR count). The molecule has 50 heavy (non-hydrogen) atoms. The summed E-state index contributed by atoms with van der Waals surface area (Å²) in [4.78, 5) is 75.5. The van der Waals surface area contributed by atoms with E-state index in [-0.39, 0.29) is 24.8 Å². The van der Waals surface area contributed by atoms with Crippen LogP contribution in [-0.2, 0) is 66.2 Å². The van der Waals surface area contributed by atoms with Gasteiger partial charge >= 0.3 is 35.8 Å². The number of carboxylic acid groups (broad SMARTS) is 2. The lowest BCUT2D eigenvalue weighted by atomic mass is 9.52. The summed E-state index contributed by atoms with van der Waals surface area (Å²) in [6.07, 6.45) is -7.51. The highest BCUT2D eigenvalue weighted by atomic mass is 16.6. The Labute approximate surface area is 285 Å². The predicted octanol–water partition coefficient (Wildman–Crippen LogP) is -0.525. The molecule has 2 bridgehead atoms. The van der Waals surface area contributed by atoms with Gasteiger partial charge in [0.25, 0.3) is 0 Å². The molecule has 4 aliphatic rings. The first-order valence-corrected chi connectivity index (χ1v) is 16.0. The summed E-state index contributed by atoms with van der Waals surface area (Å²) in [6, 6.07) is 3.36.